The summed E-state index contributed by atoms with van der Waals surface area (Å²) in [6.45, 7) is 2.92. The van der Waals surface area contributed by atoms with Gasteiger partial charge in [0.2, 0.25) is 10.0 Å². The van der Waals surface area contributed by atoms with Crippen LogP contribution in [0.25, 0.3) is 0 Å². The summed E-state index contributed by atoms with van der Waals surface area (Å²) in [5.41, 5.74) is 1.76. The van der Waals surface area contributed by atoms with E-state index in [2.05, 4.69) is 10.0 Å². The van der Waals surface area contributed by atoms with Gasteiger partial charge in [-0.05, 0) is 36.6 Å². The average molecular weight is 376 g/mol. The molecule has 2 aromatic carbocycles. The standard InChI is InChI=1S/C19H24N2O4S/c1-15-9-10-17(19(22)20-11-6-12-25-2)13-18(15)26(23,24)21-14-16-7-4-3-5-8-16/h3-5,7-10,13,21H,6,11-12,14H2,1-2H3,(H,20,22). The normalized spacial score (nSPS) is 11.3. The fourth-order valence-electron chi connectivity index (χ4n) is 2.40. The Hall–Kier alpha value is -2.22. The van der Waals surface area contributed by atoms with Crippen molar-refractivity contribution in [3.05, 3.63) is 65.2 Å². The Kier molecular flexibility index (Phi) is 7.32. The van der Waals surface area contributed by atoms with Crippen molar-refractivity contribution in [3.8, 4) is 0 Å². The van der Waals surface area contributed by atoms with E-state index in [4.69, 9.17) is 4.74 Å². The van der Waals surface area contributed by atoms with Gasteiger partial charge in [0.25, 0.3) is 5.91 Å². The van der Waals surface area contributed by atoms with Crippen molar-refractivity contribution in [2.75, 3.05) is 20.3 Å². The minimum absolute atomic E-state index is 0.109. The highest BCUT2D eigenvalue weighted by Gasteiger charge is 2.19. The monoisotopic (exact) mass is 376 g/mol. The van der Waals surface area contributed by atoms with Crippen LogP contribution in [0.4, 0.5) is 0 Å². The van der Waals surface area contributed by atoms with Gasteiger partial charge in [0.1, 0.15) is 0 Å². The summed E-state index contributed by atoms with van der Waals surface area (Å²) in [5.74, 6) is -0.305. The van der Waals surface area contributed by atoms with Crippen LogP contribution < -0.4 is 10.0 Å². The second-order valence-electron chi connectivity index (χ2n) is 5.89. The van der Waals surface area contributed by atoms with E-state index in [-0.39, 0.29) is 17.3 Å². The Bertz CT molecular complexity index is 836. The van der Waals surface area contributed by atoms with Crippen molar-refractivity contribution in [3.63, 3.8) is 0 Å². The maximum absolute atomic E-state index is 12.6. The second kappa shape index (κ2) is 9.47. The van der Waals surface area contributed by atoms with E-state index in [0.29, 0.717) is 30.7 Å². The van der Waals surface area contributed by atoms with Crippen molar-refractivity contribution < 1.29 is 17.9 Å². The smallest absolute Gasteiger partial charge is 0.251 e. The molecule has 2 N–H and O–H groups in total. The van der Waals surface area contributed by atoms with Crippen LogP contribution >= 0.6 is 0 Å². The molecule has 0 aromatic heterocycles. The van der Waals surface area contributed by atoms with Gasteiger partial charge in [-0.3, -0.25) is 4.79 Å². The van der Waals surface area contributed by atoms with Crippen LogP contribution in [-0.4, -0.2) is 34.6 Å². The third kappa shape index (κ3) is 5.66. The lowest BCUT2D eigenvalue weighted by atomic mass is 10.1. The molecule has 6 nitrogen and oxygen atoms in total. The molecule has 0 unspecified atom stereocenters. The maximum Gasteiger partial charge on any atom is 0.251 e. The predicted octanol–water partition coefficient (Wildman–Crippen LogP) is 2.24. The first kappa shape index (κ1) is 20.1. The zero-order chi connectivity index (χ0) is 19.0. The maximum atomic E-state index is 12.6. The molecule has 0 bridgehead atoms. The fourth-order valence-corrected chi connectivity index (χ4v) is 3.69. The number of hydrogen-bond donors (Lipinski definition) is 2. The van der Waals surface area contributed by atoms with Crippen LogP contribution in [0.1, 0.15) is 27.9 Å². The molecule has 2 rings (SSSR count). The first-order valence-electron chi connectivity index (χ1n) is 8.35. The summed E-state index contributed by atoms with van der Waals surface area (Å²) < 4.78 is 32.8. The third-order valence-electron chi connectivity index (χ3n) is 3.86. The van der Waals surface area contributed by atoms with E-state index in [1.54, 1.807) is 26.2 Å². The highest BCUT2D eigenvalue weighted by Crippen LogP contribution is 2.17. The summed E-state index contributed by atoms with van der Waals surface area (Å²) in [5, 5.41) is 2.76. The highest BCUT2D eigenvalue weighted by atomic mass is 32.2. The van der Waals surface area contributed by atoms with Gasteiger partial charge in [0, 0.05) is 32.4 Å². The van der Waals surface area contributed by atoms with Gasteiger partial charge in [0.05, 0.1) is 4.90 Å². The number of benzene rings is 2. The van der Waals surface area contributed by atoms with Crippen LogP contribution in [-0.2, 0) is 21.3 Å². The van der Waals surface area contributed by atoms with Crippen LogP contribution in [0.2, 0.25) is 0 Å². The van der Waals surface area contributed by atoms with Crippen LogP contribution in [0, 0.1) is 6.92 Å². The lowest BCUT2D eigenvalue weighted by Gasteiger charge is -2.12. The summed E-state index contributed by atoms with van der Waals surface area (Å²) in [6.07, 6.45) is 0.692. The minimum Gasteiger partial charge on any atom is -0.385 e. The summed E-state index contributed by atoms with van der Waals surface area (Å²) in [4.78, 5) is 12.3. The van der Waals surface area contributed by atoms with Gasteiger partial charge in [0.15, 0.2) is 0 Å². The molecular weight excluding hydrogens is 352 g/mol. The predicted molar refractivity (Wildman–Crippen MR) is 100 cm³/mol. The van der Waals surface area contributed by atoms with Crippen molar-refractivity contribution in [2.45, 2.75) is 24.8 Å². The minimum atomic E-state index is -3.72. The zero-order valence-corrected chi connectivity index (χ0v) is 15.8. The van der Waals surface area contributed by atoms with Gasteiger partial charge < -0.3 is 10.1 Å². The molecule has 0 fully saturated rings. The number of rotatable bonds is 9. The second-order valence-corrected chi connectivity index (χ2v) is 7.63. The molecule has 0 saturated heterocycles. The van der Waals surface area contributed by atoms with E-state index < -0.39 is 10.0 Å². The van der Waals surface area contributed by atoms with Gasteiger partial charge in [-0.2, -0.15) is 0 Å². The number of carbonyl (C=O) groups is 1. The summed E-state index contributed by atoms with van der Waals surface area (Å²) in [6, 6.07) is 13.9. The molecule has 0 heterocycles. The van der Waals surface area contributed by atoms with E-state index in [1.807, 2.05) is 30.3 Å². The SMILES string of the molecule is COCCCNC(=O)c1ccc(C)c(S(=O)(=O)NCc2ccccc2)c1. The lowest BCUT2D eigenvalue weighted by molar-refractivity contribution is 0.0948. The quantitative estimate of drug-likeness (QED) is 0.658. The van der Waals surface area contributed by atoms with E-state index >= 15 is 0 Å². The fraction of sp³-hybridized carbons (Fsp3) is 0.316. The number of sulfonamides is 1. The van der Waals surface area contributed by atoms with Gasteiger partial charge in [-0.25, -0.2) is 13.1 Å². The Morgan fingerprint density at radius 1 is 1.12 bits per heavy atom. The number of carbonyl (C=O) groups excluding carboxylic acids is 1. The van der Waals surface area contributed by atoms with Gasteiger partial charge in [-0.15, -0.1) is 0 Å². The molecule has 0 aliphatic rings. The van der Waals surface area contributed by atoms with Crippen molar-refractivity contribution in [1.29, 1.82) is 0 Å². The van der Waals surface area contributed by atoms with Gasteiger partial charge in [-0.1, -0.05) is 36.4 Å². The molecule has 0 atom stereocenters. The van der Waals surface area contributed by atoms with Gasteiger partial charge >= 0.3 is 0 Å². The largest absolute Gasteiger partial charge is 0.385 e. The van der Waals surface area contributed by atoms with Crippen LogP contribution in [0.15, 0.2) is 53.4 Å². The number of methoxy groups -OCH3 is 1. The number of nitrogens with one attached hydrogen (secondary N) is 2. The molecular formula is C19H24N2O4S. The number of hydrogen-bond acceptors (Lipinski definition) is 4. The average Bonchev–Trinajstić information content (AvgIpc) is 2.64. The molecule has 0 radical (unpaired) electrons. The summed E-state index contributed by atoms with van der Waals surface area (Å²) >= 11 is 0. The first-order chi connectivity index (χ1) is 12.4. The Labute approximate surface area is 154 Å². The molecule has 0 spiro atoms. The third-order valence-corrected chi connectivity index (χ3v) is 5.40. The van der Waals surface area contributed by atoms with Crippen molar-refractivity contribution in [1.82, 2.24) is 10.0 Å². The topological polar surface area (TPSA) is 84.5 Å². The van der Waals surface area contributed by atoms with E-state index in [9.17, 15) is 13.2 Å². The zero-order valence-electron chi connectivity index (χ0n) is 15.0. The molecule has 7 heteroatoms. The Balaban J connectivity index is 2.11. The molecule has 0 saturated carbocycles. The molecule has 26 heavy (non-hydrogen) atoms. The number of ether oxygens (including phenoxy) is 1. The molecule has 140 valence electrons. The van der Waals surface area contributed by atoms with Crippen molar-refractivity contribution in [2.24, 2.45) is 0 Å². The lowest BCUT2D eigenvalue weighted by Crippen LogP contribution is -2.27. The number of aryl methyl sites for hydroxylation is 1. The molecule has 2 aromatic rings. The molecule has 1 amide bonds. The Morgan fingerprint density at radius 2 is 1.85 bits per heavy atom. The molecule has 0 aliphatic carbocycles. The van der Waals surface area contributed by atoms with Crippen LogP contribution in [0.5, 0.6) is 0 Å². The number of amides is 1. The summed E-state index contributed by atoms with van der Waals surface area (Å²) in [7, 11) is -2.13. The van der Waals surface area contributed by atoms with Crippen LogP contribution in [0.3, 0.4) is 0 Å². The Morgan fingerprint density at radius 3 is 2.54 bits per heavy atom. The molecule has 0 aliphatic heterocycles. The van der Waals surface area contributed by atoms with E-state index in [1.165, 1.54) is 6.07 Å². The van der Waals surface area contributed by atoms with E-state index in [0.717, 1.165) is 5.56 Å². The highest BCUT2D eigenvalue weighted by molar-refractivity contribution is 7.89. The first-order valence-corrected chi connectivity index (χ1v) is 9.84. The van der Waals surface area contributed by atoms with Crippen molar-refractivity contribution >= 4 is 15.9 Å².